The molecule has 0 atom stereocenters. The van der Waals surface area contributed by atoms with E-state index in [1.807, 2.05) is 12.1 Å². The lowest BCUT2D eigenvalue weighted by Crippen LogP contribution is -1.99. The molecule has 0 spiro atoms. The van der Waals surface area contributed by atoms with Gasteiger partial charge >= 0.3 is 5.97 Å². The van der Waals surface area contributed by atoms with Gasteiger partial charge in [0.1, 0.15) is 0 Å². The summed E-state index contributed by atoms with van der Waals surface area (Å²) in [7, 11) is 0. The fourth-order valence-electron chi connectivity index (χ4n) is 0.820. The number of aliphatic carboxylic acids is 1. The molecule has 0 bridgehead atoms. The maximum absolute atomic E-state index is 10.2. The minimum absolute atomic E-state index is 0.146. The first-order valence-electron chi connectivity index (χ1n) is 3.50. The van der Waals surface area contributed by atoms with Crippen molar-refractivity contribution in [1.82, 2.24) is 4.98 Å². The summed E-state index contributed by atoms with van der Waals surface area (Å²) in [5, 5.41) is 8.41. The van der Waals surface area contributed by atoms with E-state index in [0.29, 0.717) is 6.42 Å². The van der Waals surface area contributed by atoms with Crippen LogP contribution in [0.2, 0.25) is 0 Å². The number of pyridine rings is 1. The first-order chi connectivity index (χ1) is 5.68. The minimum atomic E-state index is -0.782. The second kappa shape index (κ2) is 4.39. The lowest BCUT2D eigenvalue weighted by Gasteiger charge is -1.97. The molecule has 12 heavy (non-hydrogen) atoms. The van der Waals surface area contributed by atoms with Crippen LogP contribution in [0.15, 0.2) is 18.3 Å². The molecule has 64 valence electrons. The Labute approximate surface area is 84.0 Å². The smallest absolute Gasteiger partial charge is 0.303 e. The van der Waals surface area contributed by atoms with Gasteiger partial charge in [0.15, 0.2) is 0 Å². The Morgan fingerprint density at radius 3 is 3.00 bits per heavy atom. The van der Waals surface area contributed by atoms with Gasteiger partial charge in [-0.1, -0.05) is 0 Å². The van der Waals surface area contributed by atoms with Gasteiger partial charge in [-0.05, 0) is 34.7 Å². The van der Waals surface area contributed by atoms with Crippen LogP contribution in [0.5, 0.6) is 0 Å². The van der Waals surface area contributed by atoms with Crippen LogP contribution >= 0.6 is 22.6 Å². The summed E-state index contributed by atoms with van der Waals surface area (Å²) >= 11 is 2.18. The molecule has 0 saturated heterocycles. The number of carbonyl (C=O) groups is 1. The summed E-state index contributed by atoms with van der Waals surface area (Å²) in [6.45, 7) is 0. The normalized spacial score (nSPS) is 9.75. The molecule has 1 aromatic rings. The highest BCUT2D eigenvalue weighted by molar-refractivity contribution is 14.1. The molecule has 0 aliphatic rings. The highest BCUT2D eigenvalue weighted by Gasteiger charge is 1.99. The van der Waals surface area contributed by atoms with Gasteiger partial charge in [-0.2, -0.15) is 0 Å². The zero-order valence-corrected chi connectivity index (χ0v) is 8.48. The molecule has 1 N–H and O–H groups in total. The van der Waals surface area contributed by atoms with E-state index in [-0.39, 0.29) is 6.42 Å². The van der Waals surface area contributed by atoms with Gasteiger partial charge < -0.3 is 5.11 Å². The second-order valence-electron chi connectivity index (χ2n) is 2.36. The van der Waals surface area contributed by atoms with E-state index >= 15 is 0 Å². The number of aromatic nitrogens is 1. The number of carboxylic acid groups (broad SMARTS) is 1. The Hall–Kier alpha value is -0.650. The molecular weight excluding hydrogens is 269 g/mol. The predicted molar refractivity (Wildman–Crippen MR) is 52.9 cm³/mol. The van der Waals surface area contributed by atoms with Crippen molar-refractivity contribution in [2.24, 2.45) is 0 Å². The van der Waals surface area contributed by atoms with Crippen molar-refractivity contribution in [1.29, 1.82) is 0 Å². The Balaban J connectivity index is 2.57. The second-order valence-corrected chi connectivity index (χ2v) is 3.60. The molecule has 1 aromatic heterocycles. The molecule has 0 radical (unpaired) electrons. The third kappa shape index (κ3) is 3.17. The van der Waals surface area contributed by atoms with E-state index in [1.165, 1.54) is 0 Å². The van der Waals surface area contributed by atoms with Gasteiger partial charge in [0.2, 0.25) is 0 Å². The molecule has 0 saturated carbocycles. The molecule has 0 amide bonds. The predicted octanol–water partition coefficient (Wildman–Crippen LogP) is 1.70. The van der Waals surface area contributed by atoms with Crippen LogP contribution in [0.4, 0.5) is 0 Å². The largest absolute Gasteiger partial charge is 0.481 e. The SMILES string of the molecule is O=C(O)CCc1cc(I)ccn1. The average Bonchev–Trinajstić information content (AvgIpc) is 2.01. The Morgan fingerprint density at radius 1 is 1.67 bits per heavy atom. The molecule has 3 nitrogen and oxygen atoms in total. The quantitative estimate of drug-likeness (QED) is 0.855. The molecular formula is C8H8INO2. The fraction of sp³-hybridized carbons (Fsp3) is 0.250. The van der Waals surface area contributed by atoms with Gasteiger partial charge in [-0.25, -0.2) is 0 Å². The minimum Gasteiger partial charge on any atom is -0.481 e. The highest BCUT2D eigenvalue weighted by Crippen LogP contribution is 2.06. The zero-order chi connectivity index (χ0) is 8.97. The number of carboxylic acids is 1. The molecule has 4 heteroatoms. The van der Waals surface area contributed by atoms with Gasteiger partial charge in [-0.15, -0.1) is 0 Å². The third-order valence-electron chi connectivity index (χ3n) is 1.37. The third-order valence-corrected chi connectivity index (χ3v) is 2.04. The standard InChI is InChI=1S/C8H8INO2/c9-6-3-4-10-7(5-6)1-2-8(11)12/h3-5H,1-2H2,(H,11,12). The number of hydrogen-bond acceptors (Lipinski definition) is 2. The molecule has 1 heterocycles. The number of rotatable bonds is 3. The van der Waals surface area contributed by atoms with Gasteiger partial charge in [0.25, 0.3) is 0 Å². The molecule has 0 aliphatic carbocycles. The van der Waals surface area contributed by atoms with Crippen molar-refractivity contribution in [2.45, 2.75) is 12.8 Å². The van der Waals surface area contributed by atoms with Crippen molar-refractivity contribution in [3.8, 4) is 0 Å². The van der Waals surface area contributed by atoms with Gasteiger partial charge in [0, 0.05) is 21.9 Å². The fourth-order valence-corrected chi connectivity index (χ4v) is 1.34. The lowest BCUT2D eigenvalue weighted by molar-refractivity contribution is -0.136. The van der Waals surface area contributed by atoms with Crippen LogP contribution in [-0.2, 0) is 11.2 Å². The molecule has 0 aromatic carbocycles. The van der Waals surface area contributed by atoms with Crippen molar-refractivity contribution >= 4 is 28.6 Å². The van der Waals surface area contributed by atoms with E-state index in [1.54, 1.807) is 6.20 Å². The molecule has 0 fully saturated rings. The van der Waals surface area contributed by atoms with E-state index in [0.717, 1.165) is 9.26 Å². The Morgan fingerprint density at radius 2 is 2.42 bits per heavy atom. The Bertz CT molecular complexity index is 288. The average molecular weight is 277 g/mol. The van der Waals surface area contributed by atoms with Crippen molar-refractivity contribution in [2.75, 3.05) is 0 Å². The summed E-state index contributed by atoms with van der Waals surface area (Å²) in [5.41, 5.74) is 0.837. The number of aryl methyl sites for hydroxylation is 1. The summed E-state index contributed by atoms with van der Waals surface area (Å²) in [6.07, 6.45) is 2.35. The topological polar surface area (TPSA) is 50.2 Å². The van der Waals surface area contributed by atoms with Gasteiger partial charge in [-0.3, -0.25) is 9.78 Å². The summed E-state index contributed by atoms with van der Waals surface area (Å²) in [4.78, 5) is 14.3. The van der Waals surface area contributed by atoms with Crippen LogP contribution in [0, 0.1) is 3.57 Å². The first-order valence-corrected chi connectivity index (χ1v) is 4.58. The number of hydrogen-bond donors (Lipinski definition) is 1. The zero-order valence-electron chi connectivity index (χ0n) is 6.33. The molecule has 0 aliphatic heterocycles. The monoisotopic (exact) mass is 277 g/mol. The summed E-state index contributed by atoms with van der Waals surface area (Å²) in [5.74, 6) is -0.782. The highest BCUT2D eigenvalue weighted by atomic mass is 127. The summed E-state index contributed by atoms with van der Waals surface area (Å²) < 4.78 is 1.09. The van der Waals surface area contributed by atoms with Crippen molar-refractivity contribution in [3.05, 3.63) is 27.6 Å². The van der Waals surface area contributed by atoms with E-state index in [9.17, 15) is 4.79 Å². The van der Waals surface area contributed by atoms with Gasteiger partial charge in [0.05, 0.1) is 6.42 Å². The summed E-state index contributed by atoms with van der Waals surface area (Å²) in [6, 6.07) is 3.77. The van der Waals surface area contributed by atoms with E-state index in [2.05, 4.69) is 27.6 Å². The number of nitrogens with zero attached hydrogens (tertiary/aromatic N) is 1. The van der Waals surface area contributed by atoms with Crippen molar-refractivity contribution in [3.63, 3.8) is 0 Å². The van der Waals surface area contributed by atoms with Crippen LogP contribution in [0.1, 0.15) is 12.1 Å². The van der Waals surface area contributed by atoms with Crippen LogP contribution in [0.25, 0.3) is 0 Å². The number of halogens is 1. The first kappa shape index (κ1) is 9.44. The van der Waals surface area contributed by atoms with Crippen LogP contribution in [0.3, 0.4) is 0 Å². The maximum Gasteiger partial charge on any atom is 0.303 e. The van der Waals surface area contributed by atoms with Crippen LogP contribution < -0.4 is 0 Å². The Kier molecular flexibility index (Phi) is 3.46. The van der Waals surface area contributed by atoms with Crippen molar-refractivity contribution < 1.29 is 9.90 Å². The van der Waals surface area contributed by atoms with E-state index < -0.39 is 5.97 Å². The molecule has 1 rings (SSSR count). The lowest BCUT2D eigenvalue weighted by atomic mass is 10.2. The maximum atomic E-state index is 10.2. The van der Waals surface area contributed by atoms with E-state index in [4.69, 9.17) is 5.11 Å². The molecule has 0 unspecified atom stereocenters. The van der Waals surface area contributed by atoms with Crippen LogP contribution in [-0.4, -0.2) is 16.1 Å².